The molecule has 1 aromatic carbocycles. The van der Waals surface area contributed by atoms with Crippen LogP contribution in [0.15, 0.2) is 59.0 Å². The lowest BCUT2D eigenvalue weighted by Crippen LogP contribution is -2.33. The maximum Gasteiger partial charge on any atom is 0.243 e. The van der Waals surface area contributed by atoms with Crippen LogP contribution in [0.2, 0.25) is 0 Å². The van der Waals surface area contributed by atoms with Gasteiger partial charge in [-0.05, 0) is 50.0 Å². The van der Waals surface area contributed by atoms with Gasteiger partial charge in [0.25, 0.3) is 0 Å². The van der Waals surface area contributed by atoms with Crippen LogP contribution in [-0.4, -0.2) is 81.4 Å². The molecule has 2 aliphatic carbocycles. The minimum Gasteiger partial charge on any atom is -0.506 e. The molecule has 5 rings (SSSR count). The fourth-order valence-electron chi connectivity index (χ4n) is 6.30. The number of hydrogen-bond donors (Lipinski definition) is 7. The van der Waals surface area contributed by atoms with Gasteiger partial charge >= 0.3 is 0 Å². The maximum absolute atomic E-state index is 13.9. The van der Waals surface area contributed by atoms with Gasteiger partial charge in [0.05, 0.1) is 22.5 Å². The van der Waals surface area contributed by atoms with Crippen LogP contribution in [0.5, 0.6) is 0 Å². The fraction of sp³-hybridized carbons (Fsp3) is 0.412. The highest BCUT2D eigenvalue weighted by atomic mass is 16.5. The Kier molecular flexibility index (Phi) is 11.2. The summed E-state index contributed by atoms with van der Waals surface area (Å²) in [5, 5.41) is 34.6. The summed E-state index contributed by atoms with van der Waals surface area (Å²) in [6, 6.07) is 5.26. The molecule has 2 heterocycles. The summed E-state index contributed by atoms with van der Waals surface area (Å²) in [6.45, 7) is 3.34. The molecule has 14 heteroatoms. The zero-order valence-corrected chi connectivity index (χ0v) is 26.6. The number of aliphatic hydroxyl groups is 1. The summed E-state index contributed by atoms with van der Waals surface area (Å²) >= 11 is 0. The molecule has 0 atom stereocenters. The number of ketones is 1. The van der Waals surface area contributed by atoms with Crippen molar-refractivity contribution in [1.82, 2.24) is 16.3 Å². The van der Waals surface area contributed by atoms with Gasteiger partial charge in [-0.2, -0.15) is 0 Å². The summed E-state index contributed by atoms with van der Waals surface area (Å²) in [6.07, 6.45) is 10.6. The van der Waals surface area contributed by atoms with Crippen molar-refractivity contribution in [2.45, 2.75) is 64.2 Å². The number of hydrogen-bond acceptors (Lipinski definition) is 9. The number of Topliss-reactive ketones (excluding diaryl/α,β-unsaturated/α-hetero) is 1. The molecule has 7 N–H and O–H groups in total. The van der Waals surface area contributed by atoms with E-state index in [-0.39, 0.29) is 54.0 Å². The van der Waals surface area contributed by atoms with Gasteiger partial charge in [-0.3, -0.25) is 34.4 Å². The zero-order chi connectivity index (χ0) is 34.2. The molecular weight excluding hydrogens is 620 g/mol. The lowest BCUT2D eigenvalue weighted by molar-refractivity contribution is -0.535. The molecule has 1 aromatic rings. The third-order valence-corrected chi connectivity index (χ3v) is 8.87. The summed E-state index contributed by atoms with van der Waals surface area (Å²) in [5.74, 6) is -3.25. The second-order valence-corrected chi connectivity index (χ2v) is 12.1. The second-order valence-electron chi connectivity index (χ2n) is 12.1. The number of rotatable bonds is 10. The number of allylic oxidation sites excluding steroid dienone is 5. The van der Waals surface area contributed by atoms with Crippen LogP contribution in [0.4, 0.5) is 11.4 Å². The minimum absolute atomic E-state index is 0.00408. The standard InChI is InChI=1S/C34H40N6O8/c41-27(11-13-29(43)37-47)35-25-19-21(39-15-3-1-4-16-39)7-9-23(25)31-33(45)32(34(31)46)24-10-8-22(40-17-5-2-6-18-40)20-26(24)36-28(42)12-14-30(44)38-48/h7-10,19-20H,1-6,11-18H2,(H6,35,36,37,38,41,42,43,44,45,46,47,48)/p+1. The van der Waals surface area contributed by atoms with E-state index in [2.05, 4.69) is 20.1 Å². The molecule has 0 saturated carbocycles. The van der Waals surface area contributed by atoms with Crippen LogP contribution < -0.4 is 26.5 Å². The first kappa shape index (κ1) is 34.3. The van der Waals surface area contributed by atoms with Gasteiger partial charge in [-0.25, -0.2) is 15.5 Å². The average Bonchev–Trinajstić information content (AvgIpc) is 3.11. The van der Waals surface area contributed by atoms with Crippen molar-refractivity contribution in [3.63, 3.8) is 0 Å². The number of carbonyl (C=O) groups excluding carboxylic acids is 5. The smallest absolute Gasteiger partial charge is 0.243 e. The third-order valence-electron chi connectivity index (χ3n) is 8.87. The van der Waals surface area contributed by atoms with Crippen LogP contribution >= 0.6 is 0 Å². The number of hydroxylamine groups is 2. The van der Waals surface area contributed by atoms with E-state index >= 15 is 0 Å². The van der Waals surface area contributed by atoms with Gasteiger partial charge in [0.2, 0.25) is 35.1 Å². The number of carbonyl (C=O) groups is 5. The number of nitrogens with one attached hydrogen (secondary N) is 4. The summed E-state index contributed by atoms with van der Waals surface area (Å²) in [4.78, 5) is 64.7. The van der Waals surface area contributed by atoms with Crippen molar-refractivity contribution in [3.8, 4) is 0 Å². The fourth-order valence-corrected chi connectivity index (χ4v) is 6.30. The van der Waals surface area contributed by atoms with Gasteiger partial charge in [0, 0.05) is 80.6 Å². The van der Waals surface area contributed by atoms with Gasteiger partial charge in [-0.15, -0.1) is 0 Å². The molecule has 2 fully saturated rings. The Hall–Kier alpha value is -5.08. The van der Waals surface area contributed by atoms with E-state index in [1.165, 1.54) is 11.0 Å². The summed E-state index contributed by atoms with van der Waals surface area (Å²) < 4.78 is 2.18. The molecule has 14 nitrogen and oxygen atoms in total. The number of benzene rings is 1. The molecule has 0 spiro atoms. The first-order valence-corrected chi connectivity index (χ1v) is 16.3. The summed E-state index contributed by atoms with van der Waals surface area (Å²) in [5.41, 5.74) is 5.84. The first-order chi connectivity index (χ1) is 23.2. The van der Waals surface area contributed by atoms with Crippen LogP contribution in [0, 0.1) is 0 Å². The van der Waals surface area contributed by atoms with E-state index in [9.17, 15) is 29.1 Å². The van der Waals surface area contributed by atoms with Crippen molar-refractivity contribution >= 4 is 52.1 Å². The highest BCUT2D eigenvalue weighted by Gasteiger charge is 2.40. The van der Waals surface area contributed by atoms with Crippen molar-refractivity contribution in [3.05, 3.63) is 64.6 Å². The Bertz CT molecular complexity index is 1660. The Morgan fingerprint density at radius 1 is 0.750 bits per heavy atom. The molecule has 0 radical (unpaired) electrons. The van der Waals surface area contributed by atoms with Crippen LogP contribution in [0.1, 0.15) is 69.8 Å². The minimum atomic E-state index is -0.716. The molecule has 0 aromatic heterocycles. The molecule has 2 aliphatic heterocycles. The van der Waals surface area contributed by atoms with E-state index in [4.69, 9.17) is 10.4 Å². The molecule has 254 valence electrons. The van der Waals surface area contributed by atoms with E-state index in [0.29, 0.717) is 11.1 Å². The van der Waals surface area contributed by atoms with Crippen molar-refractivity contribution in [2.75, 3.05) is 36.4 Å². The number of nitrogens with zero attached hydrogens (tertiary/aromatic N) is 2. The van der Waals surface area contributed by atoms with Crippen LogP contribution in [0.3, 0.4) is 0 Å². The molecule has 0 unspecified atom stereocenters. The van der Waals surface area contributed by atoms with Gasteiger partial charge in [0.15, 0.2) is 0 Å². The second kappa shape index (κ2) is 15.7. The van der Waals surface area contributed by atoms with Gasteiger partial charge in [0.1, 0.15) is 18.8 Å². The first-order valence-electron chi connectivity index (χ1n) is 16.3. The lowest BCUT2D eigenvalue weighted by atomic mass is 9.78. The zero-order valence-electron chi connectivity index (χ0n) is 26.6. The lowest BCUT2D eigenvalue weighted by Gasteiger charge is -2.31. The normalized spacial score (nSPS) is 19.4. The third kappa shape index (κ3) is 7.89. The van der Waals surface area contributed by atoms with E-state index in [1.807, 2.05) is 12.1 Å². The molecule has 0 bridgehead atoms. The molecule has 4 aliphatic rings. The Labute approximate surface area is 277 Å². The molecule has 48 heavy (non-hydrogen) atoms. The number of anilines is 2. The van der Waals surface area contributed by atoms with Gasteiger partial charge in [-0.1, -0.05) is 0 Å². The predicted octanol–water partition coefficient (Wildman–Crippen LogP) is 2.54. The number of piperidine rings is 2. The van der Waals surface area contributed by atoms with E-state index < -0.39 is 29.4 Å². The Balaban J connectivity index is 1.50. The number of amides is 4. The highest BCUT2D eigenvalue weighted by Crippen LogP contribution is 2.43. The maximum atomic E-state index is 13.9. The largest absolute Gasteiger partial charge is 0.506 e. The quantitative estimate of drug-likeness (QED) is 0.0852. The molecule has 2 saturated heterocycles. The monoisotopic (exact) mass is 661 g/mol. The Morgan fingerprint density at radius 2 is 1.35 bits per heavy atom. The molecular formula is C34H41N6O8+. The van der Waals surface area contributed by atoms with Crippen LogP contribution in [-0.2, 0) is 24.0 Å². The highest BCUT2D eigenvalue weighted by molar-refractivity contribution is 6.40. The number of aliphatic hydroxyl groups excluding tert-OH is 1. The van der Waals surface area contributed by atoms with Crippen molar-refractivity contribution in [2.24, 2.45) is 0 Å². The van der Waals surface area contributed by atoms with Crippen molar-refractivity contribution < 1.29 is 44.1 Å². The average molecular weight is 662 g/mol. The van der Waals surface area contributed by atoms with E-state index in [1.54, 1.807) is 24.3 Å². The SMILES string of the molecule is O=C(CCC(=O)NC1=CC(=[N+]2CCCCC2)C=C/C1=C1/C(=O)C(c2ccc(N3CCCCC3)cc2NC(=O)CCC(=O)NO)=C1O)NO. The van der Waals surface area contributed by atoms with Gasteiger partial charge < -0.3 is 20.6 Å². The molecule has 4 amide bonds. The van der Waals surface area contributed by atoms with Crippen molar-refractivity contribution in [1.29, 1.82) is 0 Å². The topological polar surface area (TPSA) is 200 Å². The van der Waals surface area contributed by atoms with Crippen LogP contribution in [0.25, 0.3) is 5.57 Å². The predicted molar refractivity (Wildman–Crippen MR) is 175 cm³/mol. The summed E-state index contributed by atoms with van der Waals surface area (Å²) in [7, 11) is 0. The Morgan fingerprint density at radius 3 is 1.98 bits per heavy atom. The van der Waals surface area contributed by atoms with E-state index in [0.717, 1.165) is 76.1 Å².